The second kappa shape index (κ2) is 6.58. The molecule has 1 unspecified atom stereocenters. The van der Waals surface area contributed by atoms with Crippen LogP contribution in [-0.4, -0.2) is 6.54 Å². The summed E-state index contributed by atoms with van der Waals surface area (Å²) in [6, 6.07) is 14.6. The molecule has 2 nitrogen and oxygen atoms in total. The predicted molar refractivity (Wildman–Crippen MR) is 84.1 cm³/mol. The second-order valence-corrected chi connectivity index (χ2v) is 5.29. The van der Waals surface area contributed by atoms with Crippen molar-refractivity contribution in [1.29, 1.82) is 0 Å². The minimum Gasteiger partial charge on any atom is -0.485 e. The largest absolute Gasteiger partial charge is 0.485 e. The normalized spacial score (nSPS) is 12.2. The maximum Gasteiger partial charge on any atom is 0.125 e. The van der Waals surface area contributed by atoms with Gasteiger partial charge in [-0.05, 0) is 55.6 Å². The topological polar surface area (TPSA) is 35.2 Å². The fourth-order valence-electron chi connectivity index (χ4n) is 2.25. The highest BCUT2D eigenvalue weighted by Crippen LogP contribution is 2.28. The van der Waals surface area contributed by atoms with Crippen LogP contribution in [0.25, 0.3) is 0 Å². The van der Waals surface area contributed by atoms with Crippen molar-refractivity contribution in [3.63, 3.8) is 0 Å². The van der Waals surface area contributed by atoms with Gasteiger partial charge >= 0.3 is 0 Å². The summed E-state index contributed by atoms with van der Waals surface area (Å²) < 4.78 is 6.19. The van der Waals surface area contributed by atoms with Crippen molar-refractivity contribution >= 4 is 0 Å². The van der Waals surface area contributed by atoms with Gasteiger partial charge in [-0.1, -0.05) is 36.4 Å². The molecule has 2 rings (SSSR count). The Morgan fingerprint density at radius 2 is 1.70 bits per heavy atom. The molecule has 20 heavy (non-hydrogen) atoms. The first kappa shape index (κ1) is 14.6. The Balaban J connectivity index is 2.27. The zero-order valence-electron chi connectivity index (χ0n) is 12.5. The van der Waals surface area contributed by atoms with Gasteiger partial charge in [0, 0.05) is 6.42 Å². The van der Waals surface area contributed by atoms with E-state index in [4.69, 9.17) is 10.5 Å². The molecule has 0 bridgehead atoms. The summed E-state index contributed by atoms with van der Waals surface area (Å²) in [5.41, 5.74) is 10.7. The summed E-state index contributed by atoms with van der Waals surface area (Å²) in [4.78, 5) is 0. The Hall–Kier alpha value is -1.80. The first-order valence-corrected chi connectivity index (χ1v) is 7.11. The summed E-state index contributed by atoms with van der Waals surface area (Å²) in [7, 11) is 0. The first-order valence-electron chi connectivity index (χ1n) is 7.11. The number of nitrogens with two attached hydrogens (primary N) is 1. The lowest BCUT2D eigenvalue weighted by Gasteiger charge is -2.21. The maximum atomic E-state index is 6.19. The van der Waals surface area contributed by atoms with E-state index in [-0.39, 0.29) is 6.10 Å². The molecule has 0 saturated carbocycles. The van der Waals surface area contributed by atoms with E-state index in [0.29, 0.717) is 6.54 Å². The molecule has 0 radical (unpaired) electrons. The van der Waals surface area contributed by atoms with Crippen molar-refractivity contribution < 1.29 is 4.74 Å². The number of benzene rings is 2. The van der Waals surface area contributed by atoms with Crippen molar-refractivity contribution in [2.24, 2.45) is 5.73 Å². The molecule has 0 amide bonds. The molecular weight excluding hydrogens is 246 g/mol. The SMILES string of the molecule is Cc1ccc(C(CCN)Oc2ccccc2C)cc1C. The third-order valence-corrected chi connectivity index (χ3v) is 3.69. The Labute approximate surface area is 121 Å². The molecule has 0 fully saturated rings. The monoisotopic (exact) mass is 269 g/mol. The van der Waals surface area contributed by atoms with Crippen LogP contribution in [0.3, 0.4) is 0 Å². The number of para-hydroxylation sites is 1. The Bertz CT molecular complexity index is 577. The predicted octanol–water partition coefficient (Wildman–Crippen LogP) is 4.08. The molecule has 0 aliphatic carbocycles. The third kappa shape index (κ3) is 3.40. The van der Waals surface area contributed by atoms with Crippen molar-refractivity contribution in [3.05, 3.63) is 64.7 Å². The van der Waals surface area contributed by atoms with Crippen LogP contribution in [0.2, 0.25) is 0 Å². The summed E-state index contributed by atoms with van der Waals surface area (Å²) in [6.07, 6.45) is 0.831. The maximum absolute atomic E-state index is 6.19. The molecule has 0 aliphatic heterocycles. The fraction of sp³-hybridized carbons (Fsp3) is 0.333. The van der Waals surface area contributed by atoms with Gasteiger partial charge in [0.05, 0.1) is 0 Å². The molecule has 2 aromatic rings. The smallest absolute Gasteiger partial charge is 0.125 e. The summed E-state index contributed by atoms with van der Waals surface area (Å²) in [5.74, 6) is 0.934. The molecule has 0 heterocycles. The lowest BCUT2D eigenvalue weighted by molar-refractivity contribution is 0.196. The van der Waals surface area contributed by atoms with Gasteiger partial charge in [-0.15, -0.1) is 0 Å². The van der Waals surface area contributed by atoms with Crippen LogP contribution >= 0.6 is 0 Å². The molecule has 1 atom stereocenters. The second-order valence-electron chi connectivity index (χ2n) is 5.29. The number of aryl methyl sites for hydroxylation is 3. The molecule has 0 spiro atoms. The Morgan fingerprint density at radius 1 is 0.950 bits per heavy atom. The van der Waals surface area contributed by atoms with Crippen LogP contribution in [-0.2, 0) is 0 Å². The van der Waals surface area contributed by atoms with Gasteiger partial charge in [-0.2, -0.15) is 0 Å². The zero-order chi connectivity index (χ0) is 14.5. The zero-order valence-corrected chi connectivity index (χ0v) is 12.5. The van der Waals surface area contributed by atoms with E-state index in [0.717, 1.165) is 17.7 Å². The average molecular weight is 269 g/mol. The van der Waals surface area contributed by atoms with E-state index in [9.17, 15) is 0 Å². The van der Waals surface area contributed by atoms with Crippen molar-refractivity contribution in [1.82, 2.24) is 0 Å². The highest BCUT2D eigenvalue weighted by molar-refractivity contribution is 5.35. The molecule has 0 saturated heterocycles. The Kier molecular flexibility index (Phi) is 4.80. The van der Waals surface area contributed by atoms with E-state index in [2.05, 4.69) is 45.0 Å². The number of hydrogen-bond donors (Lipinski definition) is 1. The molecule has 106 valence electrons. The summed E-state index contributed by atoms with van der Waals surface area (Å²) in [5, 5.41) is 0. The van der Waals surface area contributed by atoms with Gasteiger partial charge < -0.3 is 10.5 Å². The lowest BCUT2D eigenvalue weighted by Crippen LogP contribution is -2.14. The van der Waals surface area contributed by atoms with E-state index in [1.54, 1.807) is 0 Å². The molecular formula is C18H23NO. The van der Waals surface area contributed by atoms with Crippen LogP contribution in [0, 0.1) is 20.8 Å². The van der Waals surface area contributed by atoms with Crippen molar-refractivity contribution in [3.8, 4) is 5.75 Å². The quantitative estimate of drug-likeness (QED) is 0.887. The number of ether oxygens (including phenoxy) is 1. The number of rotatable bonds is 5. The summed E-state index contributed by atoms with van der Waals surface area (Å²) in [6.45, 7) is 6.93. The molecule has 0 aromatic heterocycles. The van der Waals surface area contributed by atoms with E-state index in [1.165, 1.54) is 16.7 Å². The fourth-order valence-corrected chi connectivity index (χ4v) is 2.25. The highest BCUT2D eigenvalue weighted by atomic mass is 16.5. The standard InChI is InChI=1S/C18H23NO/c1-13-8-9-16(12-15(13)3)18(10-11-19)20-17-7-5-4-6-14(17)2/h4-9,12,18H,10-11,19H2,1-3H3. The van der Waals surface area contributed by atoms with E-state index in [1.807, 2.05) is 18.2 Å². The van der Waals surface area contributed by atoms with Crippen LogP contribution in [0.4, 0.5) is 0 Å². The van der Waals surface area contributed by atoms with Gasteiger partial charge in [0.2, 0.25) is 0 Å². The minimum absolute atomic E-state index is 0.0143. The average Bonchev–Trinajstić information content (AvgIpc) is 2.44. The lowest BCUT2D eigenvalue weighted by atomic mass is 10.0. The molecule has 2 N–H and O–H groups in total. The minimum atomic E-state index is 0.0143. The van der Waals surface area contributed by atoms with E-state index < -0.39 is 0 Å². The van der Waals surface area contributed by atoms with Crippen LogP contribution in [0.15, 0.2) is 42.5 Å². The molecule has 0 aliphatic rings. The Morgan fingerprint density at radius 3 is 2.35 bits per heavy atom. The first-order chi connectivity index (χ1) is 9.61. The van der Waals surface area contributed by atoms with Gasteiger partial charge in [-0.25, -0.2) is 0 Å². The molecule has 2 aromatic carbocycles. The van der Waals surface area contributed by atoms with Gasteiger partial charge in [0.15, 0.2) is 0 Å². The van der Waals surface area contributed by atoms with Crippen LogP contribution in [0.1, 0.15) is 34.8 Å². The van der Waals surface area contributed by atoms with Crippen LogP contribution < -0.4 is 10.5 Å². The molecule has 2 heteroatoms. The van der Waals surface area contributed by atoms with Crippen LogP contribution in [0.5, 0.6) is 5.75 Å². The number of hydrogen-bond acceptors (Lipinski definition) is 2. The van der Waals surface area contributed by atoms with Crippen molar-refractivity contribution in [2.45, 2.75) is 33.3 Å². The van der Waals surface area contributed by atoms with Gasteiger partial charge in [-0.3, -0.25) is 0 Å². The highest BCUT2D eigenvalue weighted by Gasteiger charge is 2.14. The van der Waals surface area contributed by atoms with Crippen molar-refractivity contribution in [2.75, 3.05) is 6.54 Å². The van der Waals surface area contributed by atoms with Gasteiger partial charge in [0.1, 0.15) is 11.9 Å². The van der Waals surface area contributed by atoms with E-state index >= 15 is 0 Å². The summed E-state index contributed by atoms with van der Waals surface area (Å²) >= 11 is 0. The van der Waals surface area contributed by atoms with Gasteiger partial charge in [0.25, 0.3) is 0 Å². The third-order valence-electron chi connectivity index (χ3n) is 3.69.